The Morgan fingerprint density at radius 2 is 1.95 bits per heavy atom. The fourth-order valence-corrected chi connectivity index (χ4v) is 5.95. The molecule has 39 heavy (non-hydrogen) atoms. The maximum atomic E-state index is 13.2. The van der Waals surface area contributed by atoms with Crippen LogP contribution in [0.1, 0.15) is 41.4 Å². The number of carbonyl (C=O) groups excluding carboxylic acids is 1. The lowest BCUT2D eigenvalue weighted by Gasteiger charge is -2.33. The summed E-state index contributed by atoms with van der Waals surface area (Å²) in [6.07, 6.45) is 6.82. The van der Waals surface area contributed by atoms with Crippen molar-refractivity contribution in [1.82, 2.24) is 24.0 Å². The van der Waals surface area contributed by atoms with Gasteiger partial charge in [-0.1, -0.05) is 26.1 Å². The van der Waals surface area contributed by atoms with E-state index in [9.17, 15) is 9.59 Å². The van der Waals surface area contributed by atoms with Crippen LogP contribution in [0.4, 0.5) is 5.82 Å². The van der Waals surface area contributed by atoms with Gasteiger partial charge >= 0.3 is 0 Å². The number of aryl methyl sites for hydroxylation is 1. The number of aromatic nitrogens is 4. The highest BCUT2D eigenvalue weighted by Gasteiger charge is 2.25. The zero-order chi connectivity index (χ0) is 27.7. The van der Waals surface area contributed by atoms with Crippen LogP contribution in [0.2, 0.25) is 25.7 Å². The molecule has 1 saturated heterocycles. The summed E-state index contributed by atoms with van der Waals surface area (Å²) in [5.41, 5.74) is 2.95. The first-order valence-corrected chi connectivity index (χ1v) is 17.4. The highest BCUT2D eigenvalue weighted by molar-refractivity contribution is 6.76. The van der Waals surface area contributed by atoms with Gasteiger partial charge in [-0.3, -0.25) is 14.5 Å². The molecule has 1 fully saturated rings. The maximum Gasteiger partial charge on any atom is 0.260 e. The number of nitrogens with zero attached hydrogens (tertiary/aromatic N) is 5. The van der Waals surface area contributed by atoms with Crippen molar-refractivity contribution in [3.05, 3.63) is 64.5 Å². The number of benzene rings is 1. The first-order valence-electron chi connectivity index (χ1n) is 13.6. The van der Waals surface area contributed by atoms with Gasteiger partial charge in [-0.05, 0) is 56.7 Å². The van der Waals surface area contributed by atoms with Crippen LogP contribution in [-0.4, -0.2) is 58.2 Å². The largest absolute Gasteiger partial charge is 0.361 e. The zero-order valence-corrected chi connectivity index (χ0v) is 24.5. The summed E-state index contributed by atoms with van der Waals surface area (Å²) >= 11 is 0. The van der Waals surface area contributed by atoms with Crippen LogP contribution in [0, 0.1) is 0 Å². The summed E-state index contributed by atoms with van der Waals surface area (Å²) in [4.78, 5) is 36.9. The van der Waals surface area contributed by atoms with Crippen LogP contribution < -0.4 is 10.9 Å². The summed E-state index contributed by atoms with van der Waals surface area (Å²) in [6.45, 7) is 9.34. The van der Waals surface area contributed by atoms with Crippen molar-refractivity contribution in [3.8, 4) is 0 Å². The van der Waals surface area contributed by atoms with Gasteiger partial charge < -0.3 is 19.2 Å². The van der Waals surface area contributed by atoms with Crippen molar-refractivity contribution in [2.75, 3.05) is 25.5 Å². The second kappa shape index (κ2) is 11.0. The minimum absolute atomic E-state index is 0.193. The molecule has 0 unspecified atom stereocenters. The van der Waals surface area contributed by atoms with Gasteiger partial charge in [-0.25, -0.2) is 9.97 Å². The number of rotatable bonds is 8. The molecule has 1 atom stereocenters. The molecule has 206 valence electrons. The molecule has 0 saturated carbocycles. The monoisotopic (exact) mass is 546 g/mol. The van der Waals surface area contributed by atoms with Gasteiger partial charge in [0.05, 0.1) is 22.7 Å². The lowest BCUT2D eigenvalue weighted by Crippen LogP contribution is -2.31. The Bertz CT molecular complexity index is 1570. The van der Waals surface area contributed by atoms with Crippen LogP contribution >= 0.6 is 0 Å². The van der Waals surface area contributed by atoms with Crippen molar-refractivity contribution in [2.45, 2.75) is 57.7 Å². The van der Waals surface area contributed by atoms with E-state index < -0.39 is 8.07 Å². The first kappa shape index (κ1) is 27.2. The van der Waals surface area contributed by atoms with Crippen molar-refractivity contribution < 1.29 is 9.53 Å². The van der Waals surface area contributed by atoms with Gasteiger partial charge in [0.15, 0.2) is 0 Å². The van der Waals surface area contributed by atoms with Gasteiger partial charge in [-0.2, -0.15) is 0 Å². The molecule has 10 heteroatoms. The molecule has 0 aliphatic carbocycles. The van der Waals surface area contributed by atoms with E-state index in [1.54, 1.807) is 25.2 Å². The smallest absolute Gasteiger partial charge is 0.260 e. The van der Waals surface area contributed by atoms with Gasteiger partial charge in [-0.15, -0.1) is 0 Å². The number of amides is 1. The number of nitrogens with one attached hydrogen (secondary N) is 1. The number of hydrogen-bond donors (Lipinski definition) is 1. The van der Waals surface area contributed by atoms with E-state index in [4.69, 9.17) is 4.74 Å². The molecule has 9 nitrogen and oxygen atoms in total. The second-order valence-electron chi connectivity index (χ2n) is 11.8. The predicted molar refractivity (Wildman–Crippen MR) is 158 cm³/mol. The molecule has 3 aromatic heterocycles. The van der Waals surface area contributed by atoms with Crippen LogP contribution in [0.15, 0.2) is 47.7 Å². The fraction of sp³-hybridized carbons (Fsp3) is 0.448. The Morgan fingerprint density at radius 3 is 2.72 bits per heavy atom. The van der Waals surface area contributed by atoms with Gasteiger partial charge in [0.25, 0.3) is 11.5 Å². The average Bonchev–Trinajstić information content (AvgIpc) is 3.25. The fourth-order valence-electron chi connectivity index (χ4n) is 5.19. The van der Waals surface area contributed by atoms with E-state index in [0.29, 0.717) is 35.1 Å². The molecule has 1 N–H and O–H groups in total. The molecule has 1 aliphatic rings. The van der Waals surface area contributed by atoms with E-state index in [1.165, 1.54) is 29.4 Å². The second-order valence-corrected chi connectivity index (χ2v) is 17.4. The number of carbonyl (C=O) groups is 1. The van der Waals surface area contributed by atoms with Crippen LogP contribution in [-0.2, 0) is 18.5 Å². The minimum atomic E-state index is -1.20. The topological polar surface area (TPSA) is 94.3 Å². The molecular weight excluding hydrogens is 508 g/mol. The number of hydrogen-bond acceptors (Lipinski definition) is 6. The maximum absolute atomic E-state index is 13.2. The Kier molecular flexibility index (Phi) is 7.70. The first-order chi connectivity index (χ1) is 18.6. The Labute approximate surface area is 229 Å². The number of likely N-dealkylation sites (tertiary alicyclic amines) is 1. The van der Waals surface area contributed by atoms with Crippen LogP contribution in [0.25, 0.3) is 21.8 Å². The third-order valence-electron chi connectivity index (χ3n) is 7.57. The summed E-state index contributed by atoms with van der Waals surface area (Å²) in [7, 11) is 2.63. The number of ether oxygens (including phenoxy) is 1. The number of pyridine rings is 1. The SMILES string of the molecule is CN1CCCC[C@@H]1c1cc2cnc(NC(=O)c3ccc4ncn(C)c(=O)c4c3)cc2n1COCC[Si](C)(C)C. The normalized spacial score (nSPS) is 16.7. The summed E-state index contributed by atoms with van der Waals surface area (Å²) in [5, 5.41) is 4.35. The lowest BCUT2D eigenvalue weighted by atomic mass is 10.00. The molecule has 0 bridgehead atoms. The molecule has 4 aromatic rings. The van der Waals surface area contributed by atoms with Gasteiger partial charge in [0.1, 0.15) is 12.5 Å². The van der Waals surface area contributed by atoms with Gasteiger partial charge in [0.2, 0.25) is 0 Å². The van der Waals surface area contributed by atoms with Crippen molar-refractivity contribution in [3.63, 3.8) is 0 Å². The third kappa shape index (κ3) is 5.97. The summed E-state index contributed by atoms with van der Waals surface area (Å²) in [6, 6.07) is 10.5. The summed E-state index contributed by atoms with van der Waals surface area (Å²) in [5.74, 6) is 0.128. The van der Waals surface area contributed by atoms with Crippen molar-refractivity contribution in [2.24, 2.45) is 7.05 Å². The van der Waals surface area contributed by atoms with E-state index in [1.807, 2.05) is 12.3 Å². The Morgan fingerprint density at radius 1 is 1.13 bits per heavy atom. The van der Waals surface area contributed by atoms with Crippen LogP contribution in [0.3, 0.4) is 0 Å². The molecule has 1 aromatic carbocycles. The van der Waals surface area contributed by atoms with E-state index in [2.05, 4.69) is 57.5 Å². The molecule has 1 amide bonds. The quantitative estimate of drug-likeness (QED) is 0.247. The third-order valence-corrected chi connectivity index (χ3v) is 9.27. The average molecular weight is 547 g/mol. The highest BCUT2D eigenvalue weighted by atomic mass is 28.3. The minimum Gasteiger partial charge on any atom is -0.361 e. The Hall–Kier alpha value is -3.34. The van der Waals surface area contributed by atoms with Gasteiger partial charge in [0, 0.05) is 56.7 Å². The van der Waals surface area contributed by atoms with Crippen LogP contribution in [0.5, 0.6) is 0 Å². The van der Waals surface area contributed by atoms with Crippen molar-refractivity contribution in [1.29, 1.82) is 0 Å². The Balaban J connectivity index is 1.44. The molecular formula is C29H38N6O3Si. The zero-order valence-electron chi connectivity index (χ0n) is 23.5. The molecule has 4 heterocycles. The van der Waals surface area contributed by atoms with E-state index in [0.717, 1.165) is 36.5 Å². The number of anilines is 1. The van der Waals surface area contributed by atoms with E-state index >= 15 is 0 Å². The molecule has 5 rings (SSSR count). The summed E-state index contributed by atoms with van der Waals surface area (Å²) < 4.78 is 9.86. The predicted octanol–water partition coefficient (Wildman–Crippen LogP) is 5.00. The standard InChI is InChI=1S/C29H38N6O3Si/c1-33-11-7-6-8-24(33)26-15-21-17-30-27(16-25(21)35(26)19-38-12-13-39(3,4)5)32-28(36)20-9-10-23-22(14-20)29(37)34(2)18-31-23/h9-10,14-18,24H,6-8,11-13,19H2,1-5H3,(H,30,32,36)/t24-/m1/s1. The van der Waals surface area contributed by atoms with Crippen molar-refractivity contribution >= 4 is 41.6 Å². The lowest BCUT2D eigenvalue weighted by molar-refractivity contribution is 0.0820. The molecule has 0 radical (unpaired) electrons. The van der Waals surface area contributed by atoms with E-state index in [-0.39, 0.29) is 11.5 Å². The number of fused-ring (bicyclic) bond motifs is 2. The number of piperidine rings is 1. The highest BCUT2D eigenvalue weighted by Crippen LogP contribution is 2.34. The molecule has 1 aliphatic heterocycles. The molecule has 0 spiro atoms.